The Morgan fingerprint density at radius 3 is 2.41 bits per heavy atom. The standard InChI is InChI=1S/C49H82FN9O7/c1-9-39(57(23-32(2)3)30-45(62)59-31-49(7,8)46-42(59)19-37(47(63)54-46)18-36-10-12-38(50)13-11-36)26-55-15-17-66-44(29-55)48(64)53-22-41(61)21-52-35(6)43-28-56(14-16-65-43)27-40-20-51-33(4)24-58(40)25-34(5)60/h19,32-33,36,38-41,43-44,51-52,61H,6,9-18,20-31H2,1-5,7-8H3,(H,53,64)(H,54,63)/t33-,36?,38?,39?,40?,41?,43+,44+/m1/s1. The minimum atomic E-state index is -0.866. The van der Waals surface area contributed by atoms with E-state index < -0.39 is 23.8 Å². The molecule has 3 saturated heterocycles. The van der Waals surface area contributed by atoms with Crippen LogP contribution in [0.4, 0.5) is 10.1 Å². The molecule has 66 heavy (non-hydrogen) atoms. The molecule has 1 saturated carbocycles. The number of aliphatic hydroxyl groups excluding tert-OH is 1. The Morgan fingerprint density at radius 2 is 1.71 bits per heavy atom. The summed E-state index contributed by atoms with van der Waals surface area (Å²) in [5, 5.41) is 20.5. The van der Waals surface area contributed by atoms with Crippen molar-refractivity contribution in [1.82, 2.24) is 40.5 Å². The van der Waals surface area contributed by atoms with Crippen LogP contribution in [-0.4, -0.2) is 195 Å². The lowest BCUT2D eigenvalue weighted by molar-refractivity contribution is -0.139. The highest BCUT2D eigenvalue weighted by Gasteiger charge is 2.41. The van der Waals surface area contributed by atoms with E-state index in [0.717, 1.165) is 63.4 Å². The minimum absolute atomic E-state index is 0.0124. The van der Waals surface area contributed by atoms with Crippen LogP contribution in [0.25, 0.3) is 0 Å². The van der Waals surface area contributed by atoms with Gasteiger partial charge in [-0.15, -0.1) is 0 Å². The predicted octanol–water partition coefficient (Wildman–Crippen LogP) is 2.04. The van der Waals surface area contributed by atoms with Gasteiger partial charge in [0.15, 0.2) is 0 Å². The zero-order valence-corrected chi connectivity index (χ0v) is 41.0. The number of H-pyrrole nitrogens is 1. The van der Waals surface area contributed by atoms with Crippen molar-refractivity contribution in [2.24, 2.45) is 11.8 Å². The van der Waals surface area contributed by atoms with Gasteiger partial charge < -0.3 is 40.4 Å². The van der Waals surface area contributed by atoms with Crippen molar-refractivity contribution >= 4 is 23.3 Å². The fourth-order valence-corrected chi connectivity index (χ4v) is 10.6. The maximum Gasteiger partial charge on any atom is 0.251 e. The summed E-state index contributed by atoms with van der Waals surface area (Å²) in [6, 6.07) is 2.52. The zero-order valence-electron chi connectivity index (χ0n) is 41.0. The van der Waals surface area contributed by atoms with Crippen LogP contribution >= 0.6 is 0 Å². The fourth-order valence-electron chi connectivity index (χ4n) is 10.6. The number of carbonyl (C=O) groups excluding carboxylic acids is 3. The average molecular weight is 928 g/mol. The van der Waals surface area contributed by atoms with Gasteiger partial charge in [0.25, 0.3) is 11.5 Å². The normalized spacial score (nSPS) is 27.4. The third-order valence-corrected chi connectivity index (χ3v) is 14.3. The van der Waals surface area contributed by atoms with Gasteiger partial charge in [-0.05, 0) is 70.3 Å². The van der Waals surface area contributed by atoms with Crippen molar-refractivity contribution in [2.45, 2.75) is 135 Å². The number of aromatic amines is 1. The minimum Gasteiger partial charge on any atom is -0.389 e. The molecule has 0 aromatic carbocycles. The van der Waals surface area contributed by atoms with Crippen LogP contribution < -0.4 is 26.4 Å². The molecule has 6 atom stereocenters. The summed E-state index contributed by atoms with van der Waals surface area (Å²) in [5.74, 6) is 0.445. The number of Topliss-reactive ketones (excluding diaryl/α,β-unsaturated/α-hetero) is 1. The van der Waals surface area contributed by atoms with Crippen molar-refractivity contribution in [3.05, 3.63) is 40.0 Å². The molecule has 4 fully saturated rings. The second-order valence-electron chi connectivity index (χ2n) is 21.1. The number of hydrogen-bond donors (Lipinski definition) is 5. The van der Waals surface area contributed by atoms with Crippen LogP contribution in [0.5, 0.6) is 0 Å². The number of aliphatic hydroxyl groups is 1. The van der Waals surface area contributed by atoms with Gasteiger partial charge in [-0.25, -0.2) is 4.39 Å². The number of pyridine rings is 1. The number of halogens is 1. The molecular weight excluding hydrogens is 846 g/mol. The Bertz CT molecular complexity index is 1860. The van der Waals surface area contributed by atoms with Crippen LogP contribution in [0.1, 0.15) is 91.8 Å². The summed E-state index contributed by atoms with van der Waals surface area (Å²) in [5.41, 5.74) is 2.35. The number of morpholine rings is 2. The maximum absolute atomic E-state index is 14.4. The van der Waals surface area contributed by atoms with E-state index in [1.165, 1.54) is 0 Å². The molecule has 0 radical (unpaired) electrons. The Labute approximate surface area is 392 Å². The Kier molecular flexibility index (Phi) is 18.8. The van der Waals surface area contributed by atoms with Gasteiger partial charge in [0, 0.05) is 119 Å². The van der Waals surface area contributed by atoms with Crippen molar-refractivity contribution in [2.75, 3.05) is 110 Å². The zero-order chi connectivity index (χ0) is 47.7. The number of hydrogen-bond acceptors (Lipinski definition) is 13. The van der Waals surface area contributed by atoms with Crippen LogP contribution in [0.2, 0.25) is 0 Å². The van der Waals surface area contributed by atoms with Gasteiger partial charge in [0.05, 0.1) is 38.1 Å². The highest BCUT2D eigenvalue weighted by molar-refractivity contribution is 5.97. The van der Waals surface area contributed by atoms with E-state index in [1.54, 1.807) is 6.92 Å². The second-order valence-corrected chi connectivity index (χ2v) is 21.1. The summed E-state index contributed by atoms with van der Waals surface area (Å²) in [7, 11) is 0. The molecule has 16 nitrogen and oxygen atoms in total. The summed E-state index contributed by atoms with van der Waals surface area (Å²) in [6.45, 7) is 27.2. The van der Waals surface area contributed by atoms with Crippen LogP contribution in [0, 0.1) is 11.8 Å². The number of alkyl halides is 1. The van der Waals surface area contributed by atoms with Crippen molar-refractivity contribution in [1.29, 1.82) is 0 Å². The number of nitrogens with one attached hydrogen (secondary N) is 4. The lowest BCUT2D eigenvalue weighted by Crippen LogP contribution is -2.61. The van der Waals surface area contributed by atoms with Crippen molar-refractivity contribution in [3.63, 3.8) is 0 Å². The van der Waals surface area contributed by atoms with Crippen LogP contribution in [-0.2, 0) is 35.7 Å². The van der Waals surface area contributed by atoms with Gasteiger partial charge in [-0.3, -0.25) is 38.8 Å². The van der Waals surface area contributed by atoms with Crippen LogP contribution in [0.15, 0.2) is 23.1 Å². The SMILES string of the molecule is C=C(NCC(O)CNC(=O)[C@@H]1CN(CC(CC)N(CC(=O)N2CC(C)(C)c3[nH]c(=O)c(CC4CCC(F)CC4)cc32)CC(C)C)CCO1)[C@@H]1CN(CC2CN[C@H](C)CN2CC(C)=O)CCO1. The number of ketones is 1. The van der Waals surface area contributed by atoms with Gasteiger partial charge >= 0.3 is 0 Å². The van der Waals surface area contributed by atoms with Crippen molar-refractivity contribution < 1.29 is 33.4 Å². The molecule has 0 bridgehead atoms. The molecule has 372 valence electrons. The third kappa shape index (κ3) is 14.4. The molecular formula is C49H82FN9O7. The predicted molar refractivity (Wildman–Crippen MR) is 256 cm³/mol. The summed E-state index contributed by atoms with van der Waals surface area (Å²) < 4.78 is 25.9. The molecule has 2 amide bonds. The van der Waals surface area contributed by atoms with Crippen molar-refractivity contribution in [3.8, 4) is 0 Å². The first-order valence-corrected chi connectivity index (χ1v) is 24.9. The number of fused-ring (bicyclic) bond motifs is 1. The fraction of sp³-hybridized carbons (Fsp3) is 0.796. The number of aromatic nitrogens is 1. The third-order valence-electron chi connectivity index (χ3n) is 14.3. The Hall–Kier alpha value is -3.29. The first-order chi connectivity index (χ1) is 31.4. The molecule has 0 spiro atoms. The molecule has 1 aromatic rings. The lowest BCUT2D eigenvalue weighted by Gasteiger charge is -2.43. The molecule has 5 aliphatic rings. The van der Waals surface area contributed by atoms with Gasteiger partial charge in [-0.1, -0.05) is 41.2 Å². The Balaban J connectivity index is 0.971. The topological polar surface area (TPSA) is 175 Å². The molecule has 6 rings (SSSR count). The number of piperazine rings is 1. The quantitative estimate of drug-likeness (QED) is 0.121. The number of amides is 2. The van der Waals surface area contributed by atoms with E-state index in [-0.39, 0.29) is 66.9 Å². The Morgan fingerprint density at radius 1 is 1.03 bits per heavy atom. The van der Waals surface area contributed by atoms with Crippen LogP contribution in [0.3, 0.4) is 0 Å². The summed E-state index contributed by atoms with van der Waals surface area (Å²) in [6.07, 6.45) is 1.42. The average Bonchev–Trinajstić information content (AvgIpc) is 3.53. The van der Waals surface area contributed by atoms with Gasteiger partial charge in [-0.2, -0.15) is 0 Å². The molecule has 4 aliphatic heterocycles. The summed E-state index contributed by atoms with van der Waals surface area (Å²) in [4.78, 5) is 67.2. The second kappa shape index (κ2) is 23.8. The van der Waals surface area contributed by atoms with E-state index in [4.69, 9.17) is 9.47 Å². The molecule has 1 aromatic heterocycles. The van der Waals surface area contributed by atoms with E-state index in [2.05, 4.69) is 88.7 Å². The first-order valence-electron chi connectivity index (χ1n) is 24.9. The molecule has 1 aliphatic carbocycles. The largest absolute Gasteiger partial charge is 0.389 e. The number of rotatable bonds is 21. The van der Waals surface area contributed by atoms with E-state index in [1.807, 2.05) is 11.0 Å². The highest BCUT2D eigenvalue weighted by Crippen LogP contribution is 2.39. The van der Waals surface area contributed by atoms with Gasteiger partial charge in [0.1, 0.15) is 24.2 Å². The number of anilines is 1. The number of ether oxygens (including phenoxy) is 2. The van der Waals surface area contributed by atoms with E-state index in [9.17, 15) is 28.7 Å². The maximum atomic E-state index is 14.4. The molecule has 5 N–H and O–H groups in total. The smallest absolute Gasteiger partial charge is 0.251 e. The van der Waals surface area contributed by atoms with Gasteiger partial charge in [0.2, 0.25) is 5.91 Å². The number of carbonyl (C=O) groups is 3. The number of nitrogens with zero attached hydrogens (tertiary/aromatic N) is 5. The highest BCUT2D eigenvalue weighted by atomic mass is 19.1. The summed E-state index contributed by atoms with van der Waals surface area (Å²) >= 11 is 0. The lowest BCUT2D eigenvalue weighted by atomic mass is 9.84. The molecule has 5 heterocycles. The molecule has 17 heteroatoms. The molecule has 3 unspecified atom stereocenters. The monoisotopic (exact) mass is 928 g/mol. The first kappa shape index (κ1) is 52.1. The van der Waals surface area contributed by atoms with E-state index >= 15 is 0 Å². The van der Waals surface area contributed by atoms with E-state index in [0.29, 0.717) is 95.0 Å².